The fraction of sp³-hybridized carbons (Fsp3) is 0.478. The molecule has 0 amide bonds. The first-order chi connectivity index (χ1) is 13.2. The Bertz CT molecular complexity index is 723. The van der Waals surface area contributed by atoms with Gasteiger partial charge in [0.15, 0.2) is 6.29 Å². The maximum atomic E-state index is 14.4. The van der Waals surface area contributed by atoms with Crippen molar-refractivity contribution in [2.24, 2.45) is 5.92 Å². The Morgan fingerprint density at radius 1 is 1.07 bits per heavy atom. The first-order valence-corrected chi connectivity index (χ1v) is 9.82. The van der Waals surface area contributed by atoms with Gasteiger partial charge < -0.3 is 14.2 Å². The monoisotopic (exact) mass is 372 g/mol. The van der Waals surface area contributed by atoms with Gasteiger partial charge in [-0.3, -0.25) is 0 Å². The van der Waals surface area contributed by atoms with Crippen molar-refractivity contribution >= 4 is 0 Å². The van der Waals surface area contributed by atoms with Crippen LogP contribution in [0, 0.1) is 11.7 Å². The molecule has 0 aromatic heterocycles. The summed E-state index contributed by atoms with van der Waals surface area (Å²) < 4.78 is 31.4. The third kappa shape index (κ3) is 5.16. The van der Waals surface area contributed by atoms with Crippen molar-refractivity contribution in [2.45, 2.75) is 45.5 Å². The van der Waals surface area contributed by atoms with E-state index in [4.69, 9.17) is 14.2 Å². The molecule has 27 heavy (non-hydrogen) atoms. The molecule has 1 fully saturated rings. The van der Waals surface area contributed by atoms with E-state index in [1.807, 2.05) is 30.3 Å². The van der Waals surface area contributed by atoms with Crippen LogP contribution in [0.25, 0.3) is 11.1 Å². The summed E-state index contributed by atoms with van der Waals surface area (Å²) in [5.74, 6) is 0.205. The van der Waals surface area contributed by atoms with E-state index < -0.39 is 6.29 Å². The van der Waals surface area contributed by atoms with Gasteiger partial charge in [-0.2, -0.15) is 0 Å². The molecule has 0 bridgehead atoms. The molecular weight excluding hydrogens is 343 g/mol. The van der Waals surface area contributed by atoms with Gasteiger partial charge in [0.1, 0.15) is 5.82 Å². The third-order valence-corrected chi connectivity index (χ3v) is 5.06. The van der Waals surface area contributed by atoms with E-state index in [0.29, 0.717) is 24.7 Å². The average molecular weight is 372 g/mol. The topological polar surface area (TPSA) is 27.7 Å². The maximum Gasteiger partial charge on any atom is 0.184 e. The maximum absolute atomic E-state index is 14.4. The fourth-order valence-corrected chi connectivity index (χ4v) is 3.53. The standard InChI is InChI=1S/C23H29FO3/c1-3-4-5-8-17-14-26-23(27-15-17)21-10-7-6-9-20(21)18-11-12-19(16-25-2)22(24)13-18/h6-7,9-13,17,23H,3-5,8,14-16H2,1-2H3. The summed E-state index contributed by atoms with van der Waals surface area (Å²) in [6.45, 7) is 3.90. The van der Waals surface area contributed by atoms with Crippen molar-refractivity contribution in [3.05, 3.63) is 59.4 Å². The van der Waals surface area contributed by atoms with Crippen LogP contribution in [0.5, 0.6) is 0 Å². The molecule has 0 spiro atoms. The summed E-state index contributed by atoms with van der Waals surface area (Å²) in [4.78, 5) is 0. The molecule has 0 aliphatic carbocycles. The van der Waals surface area contributed by atoms with Gasteiger partial charge in [0.2, 0.25) is 0 Å². The van der Waals surface area contributed by atoms with Gasteiger partial charge in [-0.05, 0) is 23.6 Å². The van der Waals surface area contributed by atoms with Crippen molar-refractivity contribution in [2.75, 3.05) is 20.3 Å². The average Bonchev–Trinajstić information content (AvgIpc) is 2.70. The van der Waals surface area contributed by atoms with Gasteiger partial charge in [-0.15, -0.1) is 0 Å². The molecule has 0 saturated carbocycles. The van der Waals surface area contributed by atoms with E-state index in [2.05, 4.69) is 6.92 Å². The molecule has 4 heteroatoms. The van der Waals surface area contributed by atoms with Gasteiger partial charge in [0.05, 0.1) is 19.8 Å². The molecule has 0 atom stereocenters. The Kier molecular flexibility index (Phi) is 7.39. The summed E-state index contributed by atoms with van der Waals surface area (Å²) in [5.41, 5.74) is 3.26. The number of rotatable bonds is 8. The molecule has 3 rings (SSSR count). The van der Waals surface area contributed by atoms with Gasteiger partial charge in [-0.1, -0.05) is 62.6 Å². The first kappa shape index (κ1) is 20.0. The van der Waals surface area contributed by atoms with Gasteiger partial charge in [0, 0.05) is 24.2 Å². The van der Waals surface area contributed by atoms with Crippen LogP contribution in [0.15, 0.2) is 42.5 Å². The molecule has 1 saturated heterocycles. The Hall–Kier alpha value is -1.75. The normalized spacial score (nSPS) is 20.0. The number of hydrogen-bond donors (Lipinski definition) is 0. The highest BCUT2D eigenvalue weighted by Gasteiger charge is 2.25. The van der Waals surface area contributed by atoms with Crippen LogP contribution in [0.2, 0.25) is 0 Å². The molecule has 0 unspecified atom stereocenters. The number of methoxy groups -OCH3 is 1. The zero-order chi connectivity index (χ0) is 19.1. The lowest BCUT2D eigenvalue weighted by Crippen LogP contribution is -2.27. The zero-order valence-corrected chi connectivity index (χ0v) is 16.2. The van der Waals surface area contributed by atoms with Crippen LogP contribution >= 0.6 is 0 Å². The molecule has 2 aromatic rings. The summed E-state index contributed by atoms with van der Waals surface area (Å²) >= 11 is 0. The Morgan fingerprint density at radius 2 is 1.85 bits per heavy atom. The van der Waals surface area contributed by atoms with E-state index in [9.17, 15) is 4.39 Å². The molecule has 2 aromatic carbocycles. The molecular formula is C23H29FO3. The van der Waals surface area contributed by atoms with Gasteiger partial charge in [0.25, 0.3) is 0 Å². The van der Waals surface area contributed by atoms with Crippen LogP contribution in [-0.2, 0) is 20.8 Å². The molecule has 1 aliphatic rings. The van der Waals surface area contributed by atoms with Crippen LogP contribution in [0.1, 0.15) is 50.0 Å². The van der Waals surface area contributed by atoms with E-state index in [0.717, 1.165) is 23.1 Å². The number of hydrogen-bond acceptors (Lipinski definition) is 3. The summed E-state index contributed by atoms with van der Waals surface area (Å²) in [6.07, 6.45) is 4.46. The lowest BCUT2D eigenvalue weighted by Gasteiger charge is -2.30. The highest BCUT2D eigenvalue weighted by Crippen LogP contribution is 2.34. The second-order valence-electron chi connectivity index (χ2n) is 7.19. The highest BCUT2D eigenvalue weighted by molar-refractivity contribution is 5.68. The second-order valence-corrected chi connectivity index (χ2v) is 7.19. The third-order valence-electron chi connectivity index (χ3n) is 5.06. The molecule has 0 radical (unpaired) electrons. The fourth-order valence-electron chi connectivity index (χ4n) is 3.53. The minimum absolute atomic E-state index is 0.259. The number of unbranched alkanes of at least 4 members (excludes halogenated alkanes) is 2. The molecule has 0 N–H and O–H groups in total. The molecule has 1 aliphatic heterocycles. The zero-order valence-electron chi connectivity index (χ0n) is 16.2. The molecule has 3 nitrogen and oxygen atoms in total. The van der Waals surface area contributed by atoms with Crippen molar-refractivity contribution in [3.8, 4) is 11.1 Å². The number of ether oxygens (including phenoxy) is 3. The van der Waals surface area contributed by atoms with Gasteiger partial charge >= 0.3 is 0 Å². The number of benzene rings is 2. The van der Waals surface area contributed by atoms with E-state index in [1.54, 1.807) is 19.2 Å². The Morgan fingerprint density at radius 3 is 2.56 bits per heavy atom. The quantitative estimate of drug-likeness (QED) is 0.542. The summed E-state index contributed by atoms with van der Waals surface area (Å²) in [5, 5.41) is 0. The largest absolute Gasteiger partial charge is 0.380 e. The van der Waals surface area contributed by atoms with Crippen molar-refractivity contribution in [3.63, 3.8) is 0 Å². The first-order valence-electron chi connectivity index (χ1n) is 9.82. The van der Waals surface area contributed by atoms with Crippen LogP contribution < -0.4 is 0 Å². The van der Waals surface area contributed by atoms with E-state index in [-0.39, 0.29) is 12.4 Å². The Balaban J connectivity index is 1.73. The summed E-state index contributed by atoms with van der Waals surface area (Å²) in [6, 6.07) is 13.2. The van der Waals surface area contributed by atoms with Crippen LogP contribution in [-0.4, -0.2) is 20.3 Å². The van der Waals surface area contributed by atoms with Crippen molar-refractivity contribution < 1.29 is 18.6 Å². The smallest absolute Gasteiger partial charge is 0.184 e. The SMILES string of the molecule is CCCCCC1COC(c2ccccc2-c2ccc(COC)c(F)c2)OC1. The summed E-state index contributed by atoms with van der Waals surface area (Å²) in [7, 11) is 1.57. The van der Waals surface area contributed by atoms with Gasteiger partial charge in [-0.25, -0.2) is 4.39 Å². The van der Waals surface area contributed by atoms with Crippen LogP contribution in [0.4, 0.5) is 4.39 Å². The minimum atomic E-state index is -0.398. The predicted molar refractivity (Wildman–Crippen MR) is 105 cm³/mol. The molecule has 1 heterocycles. The predicted octanol–water partition coefficient (Wildman–Crippen LogP) is 5.88. The van der Waals surface area contributed by atoms with Crippen molar-refractivity contribution in [1.29, 1.82) is 0 Å². The highest BCUT2D eigenvalue weighted by atomic mass is 19.1. The Labute approximate surface area is 161 Å². The molecule has 146 valence electrons. The van der Waals surface area contributed by atoms with Crippen molar-refractivity contribution in [1.82, 2.24) is 0 Å². The van der Waals surface area contributed by atoms with E-state index in [1.165, 1.54) is 19.3 Å². The lowest BCUT2D eigenvalue weighted by atomic mass is 9.97. The van der Waals surface area contributed by atoms with Crippen LogP contribution in [0.3, 0.4) is 0 Å². The lowest BCUT2D eigenvalue weighted by molar-refractivity contribution is -0.205. The number of halogens is 1. The van der Waals surface area contributed by atoms with E-state index >= 15 is 0 Å². The minimum Gasteiger partial charge on any atom is -0.380 e. The second kappa shape index (κ2) is 9.98.